The van der Waals surface area contributed by atoms with Crippen molar-refractivity contribution >= 4 is 28.1 Å². The molecule has 1 fully saturated rings. The summed E-state index contributed by atoms with van der Waals surface area (Å²) in [7, 11) is -3.91. The van der Waals surface area contributed by atoms with E-state index in [0.717, 1.165) is 5.76 Å². The van der Waals surface area contributed by atoms with Crippen LogP contribution in [0.25, 0.3) is 12.2 Å². The van der Waals surface area contributed by atoms with Gasteiger partial charge < -0.3 is 14.3 Å². The standard InChI is InChI=1S/C25H28FN3O5S/c1-17(16-21-7-5-15-33-21)27-25(30)20-11-13-29(14-12-20)35(31,32)24-18(2)28-34-23(24)10-9-19-6-3-4-8-22(19)26/h3-10,15,17,20H,11-14,16H2,1-2H3,(H,27,30)/b10-9+/t17-/m1/s1. The van der Waals surface area contributed by atoms with E-state index in [1.165, 1.54) is 22.5 Å². The number of carbonyl (C=O) groups excluding carboxylic acids is 1. The lowest BCUT2D eigenvalue weighted by molar-refractivity contribution is -0.126. The van der Waals surface area contributed by atoms with Crippen molar-refractivity contribution in [3.63, 3.8) is 0 Å². The van der Waals surface area contributed by atoms with Gasteiger partial charge in [0.25, 0.3) is 0 Å². The van der Waals surface area contributed by atoms with Crippen molar-refractivity contribution < 1.29 is 26.5 Å². The zero-order chi connectivity index (χ0) is 25.0. The highest BCUT2D eigenvalue weighted by Gasteiger charge is 2.36. The van der Waals surface area contributed by atoms with Crippen molar-refractivity contribution in [3.05, 3.63) is 71.3 Å². The molecule has 0 unspecified atom stereocenters. The summed E-state index contributed by atoms with van der Waals surface area (Å²) in [6.45, 7) is 3.87. The zero-order valence-electron chi connectivity index (χ0n) is 19.6. The smallest absolute Gasteiger partial charge is 0.248 e. The monoisotopic (exact) mass is 501 g/mol. The van der Waals surface area contributed by atoms with Gasteiger partial charge >= 0.3 is 0 Å². The minimum atomic E-state index is -3.91. The molecule has 1 aromatic carbocycles. The van der Waals surface area contributed by atoms with Crippen molar-refractivity contribution in [1.82, 2.24) is 14.8 Å². The molecule has 3 aromatic rings. The number of aryl methyl sites for hydroxylation is 1. The van der Waals surface area contributed by atoms with Crippen LogP contribution >= 0.6 is 0 Å². The number of nitrogens with zero attached hydrogens (tertiary/aromatic N) is 2. The van der Waals surface area contributed by atoms with Crippen LogP contribution in [0.2, 0.25) is 0 Å². The molecule has 1 aliphatic heterocycles. The number of carbonyl (C=O) groups is 1. The molecule has 0 saturated carbocycles. The summed E-state index contributed by atoms with van der Waals surface area (Å²) in [5.41, 5.74) is 0.530. The number of halogens is 1. The van der Waals surface area contributed by atoms with E-state index in [1.54, 1.807) is 37.5 Å². The summed E-state index contributed by atoms with van der Waals surface area (Å²) in [4.78, 5) is 12.7. The molecule has 0 bridgehead atoms. The molecule has 3 heterocycles. The molecule has 2 aromatic heterocycles. The van der Waals surface area contributed by atoms with Crippen molar-refractivity contribution in [3.8, 4) is 0 Å². The molecular formula is C25H28FN3O5S. The number of nitrogens with one attached hydrogen (secondary N) is 1. The molecule has 186 valence electrons. The molecule has 35 heavy (non-hydrogen) atoms. The average Bonchev–Trinajstić information content (AvgIpc) is 3.48. The quantitative estimate of drug-likeness (QED) is 0.500. The summed E-state index contributed by atoms with van der Waals surface area (Å²) in [6, 6.07) is 9.72. The molecule has 0 spiro atoms. The minimum absolute atomic E-state index is 0.0392. The van der Waals surface area contributed by atoms with Crippen LogP contribution in [0.5, 0.6) is 0 Å². The van der Waals surface area contributed by atoms with Crippen LogP contribution in [0.4, 0.5) is 4.39 Å². The highest BCUT2D eigenvalue weighted by atomic mass is 32.2. The van der Waals surface area contributed by atoms with Crippen LogP contribution in [0, 0.1) is 18.7 Å². The second-order valence-electron chi connectivity index (χ2n) is 8.69. The van der Waals surface area contributed by atoms with Gasteiger partial charge in [0.1, 0.15) is 17.3 Å². The highest BCUT2D eigenvalue weighted by molar-refractivity contribution is 7.89. The largest absolute Gasteiger partial charge is 0.469 e. The maximum absolute atomic E-state index is 13.9. The Kier molecular flexibility index (Phi) is 7.51. The van der Waals surface area contributed by atoms with Gasteiger partial charge in [-0.2, -0.15) is 4.31 Å². The molecule has 1 aliphatic rings. The lowest BCUT2D eigenvalue weighted by Crippen LogP contribution is -2.45. The molecule has 0 radical (unpaired) electrons. The number of hydrogen-bond acceptors (Lipinski definition) is 6. The fraction of sp³-hybridized carbons (Fsp3) is 0.360. The van der Waals surface area contributed by atoms with E-state index < -0.39 is 15.8 Å². The van der Waals surface area contributed by atoms with Gasteiger partial charge in [0.05, 0.1) is 6.26 Å². The van der Waals surface area contributed by atoms with Gasteiger partial charge in [-0.1, -0.05) is 23.4 Å². The van der Waals surface area contributed by atoms with Gasteiger partial charge in [0.2, 0.25) is 15.9 Å². The van der Waals surface area contributed by atoms with Crippen molar-refractivity contribution in [2.24, 2.45) is 5.92 Å². The number of hydrogen-bond donors (Lipinski definition) is 1. The molecule has 10 heteroatoms. The normalized spacial score (nSPS) is 16.5. The molecule has 1 atom stereocenters. The van der Waals surface area contributed by atoms with Gasteiger partial charge in [-0.15, -0.1) is 0 Å². The van der Waals surface area contributed by atoms with Gasteiger partial charge in [0, 0.05) is 37.0 Å². The summed E-state index contributed by atoms with van der Waals surface area (Å²) in [6.07, 6.45) is 5.85. The third-order valence-corrected chi connectivity index (χ3v) is 8.11. The van der Waals surface area contributed by atoms with Gasteiger partial charge in [-0.05, 0) is 57.0 Å². The van der Waals surface area contributed by atoms with Crippen molar-refractivity contribution in [2.75, 3.05) is 13.1 Å². The van der Waals surface area contributed by atoms with Crippen LogP contribution in [0.15, 0.2) is 56.5 Å². The fourth-order valence-corrected chi connectivity index (χ4v) is 5.92. The Morgan fingerprint density at radius 3 is 2.66 bits per heavy atom. The number of rotatable bonds is 8. The Hall–Kier alpha value is -3.24. The summed E-state index contributed by atoms with van der Waals surface area (Å²) < 4.78 is 52.7. The number of amides is 1. The molecule has 1 saturated heterocycles. The van der Waals surface area contributed by atoms with E-state index in [2.05, 4.69) is 10.5 Å². The van der Waals surface area contributed by atoms with Crippen LogP contribution in [0.3, 0.4) is 0 Å². The first-order valence-electron chi connectivity index (χ1n) is 11.5. The predicted molar refractivity (Wildman–Crippen MR) is 128 cm³/mol. The van der Waals surface area contributed by atoms with Crippen LogP contribution in [0.1, 0.15) is 42.5 Å². The Bertz CT molecular complexity index is 1290. The third kappa shape index (κ3) is 5.71. The maximum Gasteiger partial charge on any atom is 0.248 e. The molecule has 0 aliphatic carbocycles. The minimum Gasteiger partial charge on any atom is -0.469 e. The van der Waals surface area contributed by atoms with Crippen molar-refractivity contribution in [1.29, 1.82) is 0 Å². The Morgan fingerprint density at radius 2 is 1.97 bits per heavy atom. The fourth-order valence-electron chi connectivity index (χ4n) is 4.20. The summed E-state index contributed by atoms with van der Waals surface area (Å²) in [5.74, 6) is 0.0449. The Balaban J connectivity index is 1.40. The molecular weight excluding hydrogens is 473 g/mol. The second-order valence-corrected chi connectivity index (χ2v) is 10.6. The van der Waals surface area contributed by atoms with Gasteiger partial charge in [0.15, 0.2) is 10.7 Å². The number of benzene rings is 1. The van der Waals surface area contributed by atoms with Crippen LogP contribution in [-0.2, 0) is 21.2 Å². The van der Waals surface area contributed by atoms with Crippen LogP contribution < -0.4 is 5.32 Å². The molecule has 1 amide bonds. The van der Waals surface area contributed by atoms with E-state index in [0.29, 0.717) is 24.8 Å². The first-order chi connectivity index (χ1) is 16.8. The topological polar surface area (TPSA) is 106 Å². The second kappa shape index (κ2) is 10.6. The predicted octanol–water partition coefficient (Wildman–Crippen LogP) is 4.03. The lowest BCUT2D eigenvalue weighted by atomic mass is 9.96. The first kappa shape index (κ1) is 24.9. The van der Waals surface area contributed by atoms with Gasteiger partial charge in [-0.3, -0.25) is 4.79 Å². The lowest BCUT2D eigenvalue weighted by Gasteiger charge is -2.31. The van der Waals surface area contributed by atoms with Crippen molar-refractivity contribution in [2.45, 2.75) is 44.0 Å². The van der Waals surface area contributed by atoms with E-state index in [1.807, 2.05) is 13.0 Å². The Labute approximate surface area is 203 Å². The van der Waals surface area contributed by atoms with Gasteiger partial charge in [-0.25, -0.2) is 12.8 Å². The zero-order valence-corrected chi connectivity index (χ0v) is 20.4. The van der Waals surface area contributed by atoms with E-state index >= 15 is 0 Å². The average molecular weight is 502 g/mol. The number of aromatic nitrogens is 1. The number of furan rings is 1. The SMILES string of the molecule is Cc1noc(/C=C/c2ccccc2F)c1S(=O)(=O)N1CCC(C(=O)N[C@H](C)Cc2ccco2)CC1. The summed E-state index contributed by atoms with van der Waals surface area (Å²) in [5, 5.41) is 6.81. The van der Waals surface area contributed by atoms with E-state index in [4.69, 9.17) is 8.94 Å². The molecule has 4 rings (SSSR count). The highest BCUT2D eigenvalue weighted by Crippen LogP contribution is 2.29. The number of sulfonamides is 1. The number of piperidine rings is 1. The molecule has 8 nitrogen and oxygen atoms in total. The first-order valence-corrected chi connectivity index (χ1v) is 12.9. The third-order valence-electron chi connectivity index (χ3n) is 6.05. The van der Waals surface area contributed by atoms with E-state index in [-0.39, 0.29) is 47.3 Å². The van der Waals surface area contributed by atoms with Crippen LogP contribution in [-0.4, -0.2) is 42.9 Å². The Morgan fingerprint density at radius 1 is 1.23 bits per heavy atom. The summed E-state index contributed by atoms with van der Waals surface area (Å²) >= 11 is 0. The maximum atomic E-state index is 13.9. The molecule has 1 N–H and O–H groups in total. The van der Waals surface area contributed by atoms with E-state index in [9.17, 15) is 17.6 Å².